The fraction of sp³-hybridized carbons (Fsp3) is 0.577. The van der Waals surface area contributed by atoms with Crippen LogP contribution in [-0.4, -0.2) is 72.1 Å². The van der Waals surface area contributed by atoms with E-state index in [9.17, 15) is 17.2 Å². The lowest BCUT2D eigenvalue weighted by molar-refractivity contribution is 0.122. The quantitative estimate of drug-likeness (QED) is 0.407. The molecule has 13 heteroatoms. The van der Waals surface area contributed by atoms with Crippen LogP contribution in [0.15, 0.2) is 30.3 Å². The van der Waals surface area contributed by atoms with E-state index in [-0.39, 0.29) is 17.1 Å². The topological polar surface area (TPSA) is 114 Å². The zero-order chi connectivity index (χ0) is 27.0. The van der Waals surface area contributed by atoms with Crippen LogP contribution < -0.4 is 14.9 Å². The molecular formula is C26H33F2N7O3S. The molecule has 2 N–H and O–H groups in total. The van der Waals surface area contributed by atoms with E-state index in [4.69, 9.17) is 9.72 Å². The van der Waals surface area contributed by atoms with Gasteiger partial charge in [-0.2, -0.15) is 9.97 Å². The molecule has 1 aromatic carbocycles. The summed E-state index contributed by atoms with van der Waals surface area (Å²) >= 11 is 0. The number of alkyl halides is 2. The fourth-order valence-corrected chi connectivity index (χ4v) is 7.08. The molecule has 3 heterocycles. The van der Waals surface area contributed by atoms with Crippen molar-refractivity contribution in [2.24, 2.45) is 5.92 Å². The van der Waals surface area contributed by atoms with E-state index >= 15 is 0 Å². The first-order valence-electron chi connectivity index (χ1n) is 13.6. The predicted octanol–water partition coefficient (Wildman–Crippen LogP) is 3.64. The minimum absolute atomic E-state index is 0.0124. The molecule has 210 valence electrons. The molecule has 10 nitrogen and oxygen atoms in total. The first kappa shape index (κ1) is 26.3. The molecular weight excluding hydrogens is 528 g/mol. The maximum Gasteiger partial charge on any atom is 0.296 e. The molecule has 0 atom stereocenters. The molecule has 1 aliphatic heterocycles. The highest BCUT2D eigenvalue weighted by Crippen LogP contribution is 2.32. The Hall–Kier alpha value is -2.90. The summed E-state index contributed by atoms with van der Waals surface area (Å²) in [6, 6.07) is 8.75. The van der Waals surface area contributed by atoms with E-state index in [1.54, 1.807) is 30.3 Å². The summed E-state index contributed by atoms with van der Waals surface area (Å²) < 4.78 is 62.5. The van der Waals surface area contributed by atoms with Crippen LogP contribution in [0.5, 0.6) is 0 Å². The van der Waals surface area contributed by atoms with Gasteiger partial charge in [0.25, 0.3) is 6.43 Å². The molecule has 2 saturated carbocycles. The van der Waals surface area contributed by atoms with E-state index in [0.29, 0.717) is 67.4 Å². The number of anilines is 2. The van der Waals surface area contributed by atoms with Gasteiger partial charge in [0.2, 0.25) is 16.0 Å². The summed E-state index contributed by atoms with van der Waals surface area (Å²) in [7, 11) is -3.19. The summed E-state index contributed by atoms with van der Waals surface area (Å²) in [5.41, 5.74) is 1.03. The van der Waals surface area contributed by atoms with E-state index in [1.807, 2.05) is 0 Å². The number of hydrogen-bond donors (Lipinski definition) is 2. The monoisotopic (exact) mass is 561 g/mol. The van der Waals surface area contributed by atoms with Crippen molar-refractivity contribution in [3.63, 3.8) is 0 Å². The number of para-hydroxylation sites is 2. The fourth-order valence-electron chi connectivity index (χ4n) is 5.43. The van der Waals surface area contributed by atoms with Crippen molar-refractivity contribution in [1.29, 1.82) is 0 Å². The number of imidazole rings is 1. The van der Waals surface area contributed by atoms with Gasteiger partial charge in [-0.15, -0.1) is 0 Å². The third-order valence-corrected chi connectivity index (χ3v) is 9.75. The van der Waals surface area contributed by atoms with Gasteiger partial charge >= 0.3 is 0 Å². The van der Waals surface area contributed by atoms with Gasteiger partial charge in [-0.05, 0) is 56.6 Å². The average molecular weight is 562 g/mol. The molecule has 0 spiro atoms. The number of benzene rings is 1. The van der Waals surface area contributed by atoms with Gasteiger partial charge in [0.15, 0.2) is 5.82 Å². The Morgan fingerprint density at radius 1 is 0.974 bits per heavy atom. The van der Waals surface area contributed by atoms with Crippen molar-refractivity contribution in [1.82, 2.24) is 24.2 Å². The lowest BCUT2D eigenvalue weighted by atomic mass is 9.86. The highest BCUT2D eigenvalue weighted by Gasteiger charge is 2.37. The Labute approximate surface area is 226 Å². The number of aromatic nitrogens is 4. The van der Waals surface area contributed by atoms with E-state index in [2.05, 4.69) is 24.9 Å². The van der Waals surface area contributed by atoms with Crippen LogP contribution in [0.4, 0.5) is 20.5 Å². The van der Waals surface area contributed by atoms with Crippen LogP contribution in [0.1, 0.15) is 50.8 Å². The highest BCUT2D eigenvalue weighted by atomic mass is 32.2. The first-order chi connectivity index (χ1) is 18.9. The molecule has 0 unspecified atom stereocenters. The maximum absolute atomic E-state index is 14.1. The van der Waals surface area contributed by atoms with Gasteiger partial charge in [0.1, 0.15) is 11.6 Å². The van der Waals surface area contributed by atoms with Crippen LogP contribution in [0.3, 0.4) is 0 Å². The van der Waals surface area contributed by atoms with E-state index in [1.165, 1.54) is 4.57 Å². The number of halogens is 2. The second kappa shape index (κ2) is 10.9. The molecule has 0 bridgehead atoms. The van der Waals surface area contributed by atoms with Gasteiger partial charge < -0.3 is 15.0 Å². The maximum atomic E-state index is 14.1. The molecule has 3 aromatic rings. The summed E-state index contributed by atoms with van der Waals surface area (Å²) in [6.45, 7) is 3.02. The Bertz CT molecular complexity index is 1420. The zero-order valence-electron chi connectivity index (χ0n) is 21.6. The van der Waals surface area contributed by atoms with Crippen molar-refractivity contribution >= 4 is 32.8 Å². The molecule has 39 heavy (non-hydrogen) atoms. The van der Waals surface area contributed by atoms with Gasteiger partial charge in [-0.1, -0.05) is 12.1 Å². The van der Waals surface area contributed by atoms with Crippen molar-refractivity contribution < 1.29 is 21.9 Å². The number of hydrogen-bond acceptors (Lipinski definition) is 8. The average Bonchev–Trinajstić information content (AvgIpc) is 3.74. The largest absolute Gasteiger partial charge is 0.378 e. The highest BCUT2D eigenvalue weighted by molar-refractivity contribution is 7.90. The minimum Gasteiger partial charge on any atom is -0.378 e. The standard InChI is InChI=1S/C26H33F2N7O3S/c27-24(28)25-30-20-3-1-2-4-21(20)35(25)23-15-22(34-11-13-38-14-12-34)31-26(32-23)29-16-17-5-7-18(8-6-17)33-39(36,37)19-9-10-19/h1-4,15,17-19,24,33H,5-14,16H2,(H,29,31,32). The normalized spacial score (nSPS) is 22.5. The molecule has 0 amide bonds. The van der Waals surface area contributed by atoms with Crippen LogP contribution in [0.2, 0.25) is 0 Å². The SMILES string of the molecule is O=S(=O)(NC1CCC(CNc2nc(N3CCOCC3)cc(-n3c(C(F)F)nc4ccccc43)n2)CC1)C1CC1. The Morgan fingerprint density at radius 2 is 1.69 bits per heavy atom. The lowest BCUT2D eigenvalue weighted by Crippen LogP contribution is -2.40. The molecule has 6 rings (SSSR count). The Balaban J connectivity index is 1.22. The van der Waals surface area contributed by atoms with Crippen LogP contribution >= 0.6 is 0 Å². The number of sulfonamides is 1. The third kappa shape index (κ3) is 5.85. The molecule has 2 aliphatic carbocycles. The van der Waals surface area contributed by atoms with Crippen molar-refractivity contribution in [3.05, 3.63) is 36.2 Å². The molecule has 3 fully saturated rings. The van der Waals surface area contributed by atoms with Gasteiger partial charge in [-0.3, -0.25) is 4.57 Å². The summed E-state index contributed by atoms with van der Waals surface area (Å²) in [4.78, 5) is 15.6. The van der Waals surface area contributed by atoms with E-state index in [0.717, 1.165) is 38.5 Å². The van der Waals surface area contributed by atoms with Crippen molar-refractivity contribution in [2.45, 2.75) is 56.2 Å². The Kier molecular flexibility index (Phi) is 7.38. The van der Waals surface area contributed by atoms with Crippen molar-refractivity contribution in [2.75, 3.05) is 43.1 Å². The van der Waals surface area contributed by atoms with E-state index < -0.39 is 16.4 Å². The number of morpholine rings is 1. The first-order valence-corrected chi connectivity index (χ1v) is 15.1. The van der Waals surface area contributed by atoms with Crippen LogP contribution in [-0.2, 0) is 14.8 Å². The van der Waals surface area contributed by atoms with Crippen LogP contribution in [0.25, 0.3) is 16.9 Å². The lowest BCUT2D eigenvalue weighted by Gasteiger charge is -2.30. The van der Waals surface area contributed by atoms with Gasteiger partial charge in [0, 0.05) is 31.7 Å². The third-order valence-electron chi connectivity index (χ3n) is 7.73. The molecule has 2 aromatic heterocycles. The molecule has 3 aliphatic rings. The minimum atomic E-state index is -3.19. The molecule has 1 saturated heterocycles. The number of rotatable bonds is 9. The smallest absolute Gasteiger partial charge is 0.296 e. The Morgan fingerprint density at radius 3 is 2.41 bits per heavy atom. The number of ether oxygens (including phenoxy) is 1. The second-order valence-corrected chi connectivity index (χ2v) is 12.6. The summed E-state index contributed by atoms with van der Waals surface area (Å²) in [6.07, 6.45) is 2.07. The zero-order valence-corrected chi connectivity index (χ0v) is 22.4. The number of nitrogens with zero attached hydrogens (tertiary/aromatic N) is 5. The molecule has 0 radical (unpaired) electrons. The summed E-state index contributed by atoms with van der Waals surface area (Å²) in [5.74, 6) is 1.30. The second-order valence-electron chi connectivity index (χ2n) is 10.6. The van der Waals surface area contributed by atoms with Crippen molar-refractivity contribution in [3.8, 4) is 5.82 Å². The van der Waals surface area contributed by atoms with Gasteiger partial charge in [0.05, 0.1) is 29.5 Å². The summed E-state index contributed by atoms with van der Waals surface area (Å²) in [5, 5.41) is 3.14. The predicted molar refractivity (Wildman–Crippen MR) is 144 cm³/mol. The number of nitrogens with one attached hydrogen (secondary N) is 2. The van der Waals surface area contributed by atoms with Crippen LogP contribution in [0, 0.1) is 5.92 Å². The van der Waals surface area contributed by atoms with Gasteiger partial charge in [-0.25, -0.2) is 26.9 Å². The number of fused-ring (bicyclic) bond motifs is 1.